The zero-order valence-corrected chi connectivity index (χ0v) is 15.0. The Morgan fingerprint density at radius 2 is 1.56 bits per heavy atom. The van der Waals surface area contributed by atoms with E-state index in [4.69, 9.17) is 12.2 Å². The summed E-state index contributed by atoms with van der Waals surface area (Å²) in [5.41, 5.74) is 4.56. The summed E-state index contributed by atoms with van der Waals surface area (Å²) in [6, 6.07) is 22.5. The van der Waals surface area contributed by atoms with Gasteiger partial charge in [0, 0.05) is 18.1 Å². The van der Waals surface area contributed by atoms with Crippen LogP contribution in [0.3, 0.4) is 0 Å². The van der Waals surface area contributed by atoms with Gasteiger partial charge in [0.2, 0.25) is 0 Å². The number of rotatable bonds is 5. The van der Waals surface area contributed by atoms with Gasteiger partial charge >= 0.3 is 0 Å². The van der Waals surface area contributed by atoms with Gasteiger partial charge in [-0.2, -0.15) is 0 Å². The molecule has 0 aliphatic carbocycles. The van der Waals surface area contributed by atoms with Gasteiger partial charge in [0.1, 0.15) is 0 Å². The maximum Gasteiger partial charge on any atom is 0.171 e. The highest BCUT2D eigenvalue weighted by molar-refractivity contribution is 7.80. The largest absolute Gasteiger partial charge is 0.352 e. The number of nitrogens with one attached hydrogen (secondary N) is 2. The number of pyridine rings is 1. The number of hydrogen-bond donors (Lipinski definition) is 2. The van der Waals surface area contributed by atoms with Crippen molar-refractivity contribution >= 4 is 23.0 Å². The lowest BCUT2D eigenvalue weighted by molar-refractivity contribution is 0.766. The molecule has 0 saturated heterocycles. The predicted molar refractivity (Wildman–Crippen MR) is 108 cm³/mol. The number of anilines is 1. The van der Waals surface area contributed by atoms with Gasteiger partial charge in [0.15, 0.2) is 5.11 Å². The highest BCUT2D eigenvalue weighted by atomic mass is 32.1. The normalized spacial score (nSPS) is 11.6. The lowest BCUT2D eigenvalue weighted by Crippen LogP contribution is -2.33. The number of para-hydroxylation sites is 1. The Hall–Kier alpha value is -2.72. The van der Waals surface area contributed by atoms with Crippen LogP contribution >= 0.6 is 12.2 Å². The van der Waals surface area contributed by atoms with E-state index in [1.54, 1.807) is 12.4 Å². The van der Waals surface area contributed by atoms with Crippen molar-refractivity contribution in [1.29, 1.82) is 0 Å². The second-order valence-electron chi connectivity index (χ2n) is 5.73. The van der Waals surface area contributed by atoms with Crippen LogP contribution in [0.5, 0.6) is 0 Å². The van der Waals surface area contributed by atoms with Crippen LogP contribution in [0.2, 0.25) is 0 Å². The smallest absolute Gasteiger partial charge is 0.171 e. The molecule has 0 aliphatic rings. The number of benzene rings is 2. The molecule has 1 heterocycles. The van der Waals surface area contributed by atoms with Gasteiger partial charge in [-0.15, -0.1) is 0 Å². The molecule has 0 aliphatic heterocycles. The summed E-state index contributed by atoms with van der Waals surface area (Å²) >= 11 is 5.58. The third-order valence-electron chi connectivity index (χ3n) is 4.09. The molecule has 0 saturated carbocycles. The molecule has 0 radical (unpaired) electrons. The van der Waals surface area contributed by atoms with E-state index in [1.807, 2.05) is 42.5 Å². The molecule has 0 bridgehead atoms. The molecule has 4 heteroatoms. The Morgan fingerprint density at radius 1 is 0.920 bits per heavy atom. The van der Waals surface area contributed by atoms with Crippen molar-refractivity contribution in [3.63, 3.8) is 0 Å². The molecule has 0 unspecified atom stereocenters. The quantitative estimate of drug-likeness (QED) is 0.655. The van der Waals surface area contributed by atoms with Crippen molar-refractivity contribution in [2.24, 2.45) is 0 Å². The Bertz CT molecular complexity index is 779. The number of nitrogens with zero attached hydrogens (tertiary/aromatic N) is 1. The molecule has 3 aromatic rings. The summed E-state index contributed by atoms with van der Waals surface area (Å²) in [5, 5.41) is 7.38. The van der Waals surface area contributed by atoms with Crippen LogP contribution < -0.4 is 10.6 Å². The van der Waals surface area contributed by atoms with E-state index in [0.717, 1.165) is 23.2 Å². The molecule has 1 atom stereocenters. The topological polar surface area (TPSA) is 37.0 Å². The van der Waals surface area contributed by atoms with E-state index in [-0.39, 0.29) is 6.04 Å². The van der Waals surface area contributed by atoms with E-state index in [2.05, 4.69) is 46.8 Å². The van der Waals surface area contributed by atoms with Gasteiger partial charge in [0.25, 0.3) is 0 Å². The van der Waals surface area contributed by atoms with Crippen LogP contribution in [0.4, 0.5) is 5.69 Å². The first kappa shape index (κ1) is 17.1. The number of aromatic nitrogens is 1. The minimum atomic E-state index is -0.0296. The maximum atomic E-state index is 5.58. The van der Waals surface area contributed by atoms with Gasteiger partial charge in [-0.25, -0.2) is 0 Å². The second-order valence-corrected chi connectivity index (χ2v) is 6.14. The van der Waals surface area contributed by atoms with E-state index in [9.17, 15) is 0 Å². The van der Waals surface area contributed by atoms with E-state index >= 15 is 0 Å². The summed E-state index contributed by atoms with van der Waals surface area (Å²) in [6.45, 7) is 2.14. The molecule has 2 aromatic carbocycles. The molecular formula is C21H21N3S. The fraction of sp³-hybridized carbons (Fsp3) is 0.143. The summed E-state index contributed by atoms with van der Waals surface area (Å²) in [6.07, 6.45) is 4.56. The molecule has 3 nitrogen and oxygen atoms in total. The monoisotopic (exact) mass is 347 g/mol. The van der Waals surface area contributed by atoms with Gasteiger partial charge in [0.05, 0.1) is 6.04 Å². The molecule has 2 N–H and O–H groups in total. The van der Waals surface area contributed by atoms with E-state index < -0.39 is 0 Å². The van der Waals surface area contributed by atoms with Crippen LogP contribution in [-0.4, -0.2) is 10.1 Å². The van der Waals surface area contributed by atoms with Crippen LogP contribution in [0.15, 0.2) is 79.1 Å². The molecule has 25 heavy (non-hydrogen) atoms. The molecule has 0 spiro atoms. The van der Waals surface area contributed by atoms with Crippen LogP contribution in [0.25, 0.3) is 0 Å². The molecule has 0 fully saturated rings. The average molecular weight is 347 g/mol. The standard InChI is InChI=1S/C21H21N3S/c1-2-16-8-6-7-11-19(16)23-21(25)24-20(17-9-4-3-5-10-17)18-12-14-22-15-13-18/h3-15,20H,2H2,1H3,(H2,23,24,25)/t20-/m0/s1. The Kier molecular flexibility index (Phi) is 5.75. The highest BCUT2D eigenvalue weighted by Crippen LogP contribution is 2.22. The summed E-state index contributed by atoms with van der Waals surface area (Å²) in [5.74, 6) is 0. The van der Waals surface area contributed by atoms with Crippen molar-refractivity contribution in [3.05, 3.63) is 95.8 Å². The van der Waals surface area contributed by atoms with Crippen molar-refractivity contribution < 1.29 is 0 Å². The van der Waals surface area contributed by atoms with Crippen LogP contribution in [0, 0.1) is 0 Å². The number of thiocarbonyl (C=S) groups is 1. The maximum absolute atomic E-state index is 5.58. The lowest BCUT2D eigenvalue weighted by Gasteiger charge is -2.22. The number of aryl methyl sites for hydroxylation is 1. The molecule has 0 amide bonds. The lowest BCUT2D eigenvalue weighted by atomic mass is 10.00. The molecule has 1 aromatic heterocycles. The predicted octanol–water partition coefficient (Wildman–Crippen LogP) is 4.72. The molecular weight excluding hydrogens is 326 g/mol. The first-order valence-electron chi connectivity index (χ1n) is 8.38. The van der Waals surface area contributed by atoms with Gasteiger partial charge in [-0.1, -0.05) is 55.5 Å². The fourth-order valence-electron chi connectivity index (χ4n) is 2.80. The van der Waals surface area contributed by atoms with Crippen molar-refractivity contribution in [2.45, 2.75) is 19.4 Å². The first-order chi connectivity index (χ1) is 12.3. The van der Waals surface area contributed by atoms with Crippen LogP contribution in [-0.2, 0) is 6.42 Å². The Labute approximate surface area is 154 Å². The van der Waals surface area contributed by atoms with E-state index in [0.29, 0.717) is 5.11 Å². The second kappa shape index (κ2) is 8.40. The Morgan fingerprint density at radius 3 is 2.28 bits per heavy atom. The van der Waals surface area contributed by atoms with Gasteiger partial charge in [-0.3, -0.25) is 4.98 Å². The van der Waals surface area contributed by atoms with Crippen molar-refractivity contribution in [1.82, 2.24) is 10.3 Å². The Balaban J connectivity index is 1.82. The third kappa shape index (κ3) is 4.43. The highest BCUT2D eigenvalue weighted by Gasteiger charge is 2.15. The van der Waals surface area contributed by atoms with Gasteiger partial charge in [-0.05, 0) is 53.5 Å². The fourth-order valence-corrected chi connectivity index (χ4v) is 3.03. The van der Waals surface area contributed by atoms with Crippen molar-refractivity contribution in [3.8, 4) is 0 Å². The minimum Gasteiger partial charge on any atom is -0.352 e. The zero-order chi connectivity index (χ0) is 17.5. The van der Waals surface area contributed by atoms with Gasteiger partial charge < -0.3 is 10.6 Å². The summed E-state index contributed by atoms with van der Waals surface area (Å²) in [4.78, 5) is 4.11. The number of hydrogen-bond acceptors (Lipinski definition) is 2. The zero-order valence-electron chi connectivity index (χ0n) is 14.1. The summed E-state index contributed by atoms with van der Waals surface area (Å²) < 4.78 is 0. The minimum absolute atomic E-state index is 0.0296. The summed E-state index contributed by atoms with van der Waals surface area (Å²) in [7, 11) is 0. The molecule has 3 rings (SSSR count). The first-order valence-corrected chi connectivity index (χ1v) is 8.79. The van der Waals surface area contributed by atoms with Crippen LogP contribution in [0.1, 0.15) is 29.7 Å². The molecule has 126 valence electrons. The van der Waals surface area contributed by atoms with Crippen molar-refractivity contribution in [2.75, 3.05) is 5.32 Å². The SMILES string of the molecule is CCc1ccccc1NC(=S)N[C@@H](c1ccccc1)c1ccncc1. The average Bonchev–Trinajstić information content (AvgIpc) is 2.68. The van der Waals surface area contributed by atoms with E-state index in [1.165, 1.54) is 5.56 Å². The third-order valence-corrected chi connectivity index (χ3v) is 4.31.